The molecule has 8 heteroatoms. The van der Waals surface area contributed by atoms with Crippen LogP contribution in [0.2, 0.25) is 0 Å². The van der Waals surface area contributed by atoms with E-state index >= 15 is 0 Å². The van der Waals surface area contributed by atoms with Gasteiger partial charge in [-0.1, -0.05) is 15.9 Å². The van der Waals surface area contributed by atoms with E-state index in [1.807, 2.05) is 20.8 Å². The molecule has 0 aromatic heterocycles. The van der Waals surface area contributed by atoms with Gasteiger partial charge in [0.25, 0.3) is 0 Å². The van der Waals surface area contributed by atoms with Crippen LogP contribution in [0.1, 0.15) is 27.2 Å². The lowest BCUT2D eigenvalue weighted by Crippen LogP contribution is -2.46. The van der Waals surface area contributed by atoms with E-state index < -0.39 is 5.60 Å². The zero-order chi connectivity index (χ0) is 18.4. The lowest BCUT2D eigenvalue weighted by atomic mass is 10.2. The lowest BCUT2D eigenvalue weighted by molar-refractivity contribution is -0.153. The maximum absolute atomic E-state index is 11.8. The monoisotopic (exact) mass is 538 g/mol. The number of guanidine groups is 1. The molecule has 1 saturated heterocycles. The number of rotatable bonds is 4. The number of nitrogens with zero attached hydrogens (tertiary/aromatic N) is 2. The summed E-state index contributed by atoms with van der Waals surface area (Å²) >= 11 is 3.46. The number of esters is 1. The van der Waals surface area contributed by atoms with Crippen molar-refractivity contribution in [3.8, 4) is 0 Å². The number of nitrogens with one attached hydrogen (secondary N) is 2. The molecular formula is C18H28BrIN4O2. The van der Waals surface area contributed by atoms with Crippen LogP contribution in [-0.4, -0.2) is 50.3 Å². The van der Waals surface area contributed by atoms with Gasteiger partial charge in [0, 0.05) is 36.3 Å². The van der Waals surface area contributed by atoms with E-state index in [4.69, 9.17) is 4.74 Å². The van der Waals surface area contributed by atoms with Crippen molar-refractivity contribution in [2.24, 2.45) is 4.99 Å². The van der Waals surface area contributed by atoms with Crippen LogP contribution in [0.25, 0.3) is 0 Å². The summed E-state index contributed by atoms with van der Waals surface area (Å²) in [5.74, 6) is 0.326. The third-order valence-electron chi connectivity index (χ3n) is 3.76. The van der Waals surface area contributed by atoms with Gasteiger partial charge in [-0.2, -0.15) is 0 Å². The third kappa shape index (κ3) is 7.69. The number of anilines is 1. The number of benzene rings is 1. The summed E-state index contributed by atoms with van der Waals surface area (Å²) in [7, 11) is 1.70. The number of halogens is 2. The summed E-state index contributed by atoms with van der Waals surface area (Å²) in [6, 6.07) is 8.62. The van der Waals surface area contributed by atoms with E-state index in [0.29, 0.717) is 5.96 Å². The van der Waals surface area contributed by atoms with E-state index in [9.17, 15) is 4.79 Å². The van der Waals surface area contributed by atoms with Crippen LogP contribution in [0.3, 0.4) is 0 Å². The Morgan fingerprint density at radius 3 is 2.58 bits per heavy atom. The maximum Gasteiger partial charge on any atom is 0.325 e. The Morgan fingerprint density at radius 1 is 1.35 bits per heavy atom. The summed E-state index contributed by atoms with van der Waals surface area (Å²) in [4.78, 5) is 18.3. The second-order valence-electron chi connectivity index (χ2n) is 7.06. The van der Waals surface area contributed by atoms with E-state index in [1.165, 1.54) is 5.69 Å². The molecule has 1 aromatic rings. The van der Waals surface area contributed by atoms with E-state index in [-0.39, 0.29) is 42.5 Å². The first-order chi connectivity index (χ1) is 11.8. The van der Waals surface area contributed by atoms with Crippen LogP contribution < -0.4 is 15.5 Å². The van der Waals surface area contributed by atoms with Gasteiger partial charge in [0.1, 0.15) is 12.1 Å². The van der Waals surface area contributed by atoms with Crippen LogP contribution in [0.15, 0.2) is 33.7 Å². The molecule has 2 N–H and O–H groups in total. The van der Waals surface area contributed by atoms with Crippen LogP contribution in [0.5, 0.6) is 0 Å². The maximum atomic E-state index is 11.8. The fourth-order valence-electron chi connectivity index (χ4n) is 2.69. The molecule has 26 heavy (non-hydrogen) atoms. The van der Waals surface area contributed by atoms with E-state index in [2.05, 4.69) is 60.7 Å². The summed E-state index contributed by atoms with van der Waals surface area (Å²) in [5.41, 5.74) is 0.732. The average molecular weight is 539 g/mol. The zero-order valence-electron chi connectivity index (χ0n) is 15.7. The van der Waals surface area contributed by atoms with Crippen LogP contribution in [0.4, 0.5) is 5.69 Å². The largest absolute Gasteiger partial charge is 0.459 e. The van der Waals surface area contributed by atoms with Crippen molar-refractivity contribution >= 4 is 57.5 Å². The average Bonchev–Trinajstić information content (AvgIpc) is 2.99. The minimum absolute atomic E-state index is 0. The first-order valence-corrected chi connectivity index (χ1v) is 9.25. The number of hydrogen-bond donors (Lipinski definition) is 2. The molecule has 2 rings (SSSR count). The van der Waals surface area contributed by atoms with Gasteiger partial charge >= 0.3 is 5.97 Å². The normalized spacial score (nSPS) is 17.5. The summed E-state index contributed by atoms with van der Waals surface area (Å²) < 4.78 is 6.37. The Hall–Kier alpha value is -1.03. The molecule has 0 aliphatic carbocycles. The molecule has 1 unspecified atom stereocenters. The first-order valence-electron chi connectivity index (χ1n) is 8.46. The van der Waals surface area contributed by atoms with E-state index in [1.54, 1.807) is 7.05 Å². The second-order valence-corrected chi connectivity index (χ2v) is 7.98. The number of ether oxygens (including phenoxy) is 1. The minimum atomic E-state index is -0.480. The second kappa shape index (κ2) is 10.3. The van der Waals surface area contributed by atoms with Gasteiger partial charge in [-0.3, -0.25) is 9.79 Å². The van der Waals surface area contributed by atoms with Crippen molar-refractivity contribution in [2.45, 2.75) is 38.8 Å². The molecule has 1 aromatic carbocycles. The molecule has 0 amide bonds. The molecule has 6 nitrogen and oxygen atoms in total. The third-order valence-corrected chi connectivity index (χ3v) is 4.29. The topological polar surface area (TPSA) is 66.0 Å². The van der Waals surface area contributed by atoms with Gasteiger partial charge in [0.05, 0.1) is 0 Å². The number of hydrogen-bond acceptors (Lipinski definition) is 4. The highest BCUT2D eigenvalue weighted by Gasteiger charge is 2.24. The standard InChI is InChI=1S/C18H27BrN4O2.HI/c1-18(2,3)25-16(24)11-21-17(20-4)22-14-9-10-23(12-14)15-7-5-13(19)6-8-15;/h5-8,14H,9-12H2,1-4H3,(H2,20,21,22);1H. The zero-order valence-corrected chi connectivity index (χ0v) is 19.6. The molecule has 146 valence electrons. The van der Waals surface area contributed by atoms with Gasteiger partial charge in [-0.05, 0) is 51.5 Å². The SMILES string of the molecule is CN=C(NCC(=O)OC(C)(C)C)NC1CCN(c2ccc(Br)cc2)C1.I. The Bertz CT molecular complexity index is 617. The smallest absolute Gasteiger partial charge is 0.325 e. The van der Waals surface area contributed by atoms with Crippen LogP contribution >= 0.6 is 39.9 Å². The predicted octanol–water partition coefficient (Wildman–Crippen LogP) is 3.15. The molecule has 1 atom stereocenters. The number of aliphatic imine (C=N–C) groups is 1. The van der Waals surface area contributed by atoms with Gasteiger partial charge < -0.3 is 20.3 Å². The highest BCUT2D eigenvalue weighted by molar-refractivity contribution is 14.0. The van der Waals surface area contributed by atoms with Gasteiger partial charge in [-0.25, -0.2) is 0 Å². The van der Waals surface area contributed by atoms with Crippen molar-refractivity contribution in [1.29, 1.82) is 0 Å². The fraction of sp³-hybridized carbons (Fsp3) is 0.556. The molecule has 1 fully saturated rings. The van der Waals surface area contributed by atoms with Gasteiger partial charge in [0.2, 0.25) is 0 Å². The lowest BCUT2D eigenvalue weighted by Gasteiger charge is -2.22. The molecule has 0 spiro atoms. The van der Waals surface area contributed by atoms with Gasteiger partial charge in [0.15, 0.2) is 5.96 Å². The molecule has 0 radical (unpaired) electrons. The van der Waals surface area contributed by atoms with Crippen molar-refractivity contribution in [3.05, 3.63) is 28.7 Å². The molecule has 0 bridgehead atoms. The molecule has 1 heterocycles. The predicted molar refractivity (Wildman–Crippen MR) is 121 cm³/mol. The Labute approximate surface area is 181 Å². The van der Waals surface area contributed by atoms with Crippen molar-refractivity contribution in [1.82, 2.24) is 10.6 Å². The Morgan fingerprint density at radius 2 is 2.00 bits per heavy atom. The summed E-state index contributed by atoms with van der Waals surface area (Å²) in [6.45, 7) is 7.55. The van der Waals surface area contributed by atoms with E-state index in [0.717, 1.165) is 24.0 Å². The van der Waals surface area contributed by atoms with Gasteiger partial charge in [-0.15, -0.1) is 24.0 Å². The molecule has 1 aliphatic rings. The van der Waals surface area contributed by atoms with Crippen molar-refractivity contribution in [2.75, 3.05) is 31.6 Å². The minimum Gasteiger partial charge on any atom is -0.459 e. The molecule has 0 saturated carbocycles. The fourth-order valence-corrected chi connectivity index (χ4v) is 2.95. The first kappa shape index (κ1) is 23.0. The molecular weight excluding hydrogens is 511 g/mol. The quantitative estimate of drug-likeness (QED) is 0.267. The highest BCUT2D eigenvalue weighted by Crippen LogP contribution is 2.22. The Kier molecular flexibility index (Phi) is 9.15. The Balaban J connectivity index is 0.00000338. The van der Waals surface area contributed by atoms with Crippen molar-refractivity contribution in [3.63, 3.8) is 0 Å². The number of carbonyl (C=O) groups excluding carboxylic acids is 1. The number of carbonyl (C=O) groups is 1. The molecule has 1 aliphatic heterocycles. The highest BCUT2D eigenvalue weighted by atomic mass is 127. The van der Waals surface area contributed by atoms with Crippen LogP contribution in [-0.2, 0) is 9.53 Å². The summed E-state index contributed by atoms with van der Waals surface area (Å²) in [6.07, 6.45) is 1.02. The van der Waals surface area contributed by atoms with Crippen LogP contribution in [0, 0.1) is 0 Å². The summed E-state index contributed by atoms with van der Waals surface area (Å²) in [5, 5.41) is 6.40. The van der Waals surface area contributed by atoms with Crippen molar-refractivity contribution < 1.29 is 9.53 Å².